The molecular weight excluding hydrogens is 316 g/mol. The largest absolute Gasteiger partial charge is 0.508 e. The maximum absolute atomic E-state index is 11.4. The zero-order valence-electron chi connectivity index (χ0n) is 15.1. The van der Waals surface area contributed by atoms with Crippen LogP contribution in [0.2, 0.25) is 0 Å². The van der Waals surface area contributed by atoms with Crippen LogP contribution in [0.3, 0.4) is 0 Å². The molecule has 0 spiro atoms. The van der Waals surface area contributed by atoms with Gasteiger partial charge in [0, 0.05) is 12.8 Å². The summed E-state index contributed by atoms with van der Waals surface area (Å²) in [6.45, 7) is 4.12. The molecule has 2 saturated carbocycles. The van der Waals surface area contributed by atoms with Crippen molar-refractivity contribution < 1.29 is 19.7 Å². The van der Waals surface area contributed by atoms with E-state index in [-0.39, 0.29) is 23.4 Å². The van der Waals surface area contributed by atoms with Crippen LogP contribution >= 0.6 is 0 Å². The molecule has 1 aromatic rings. The van der Waals surface area contributed by atoms with Crippen LogP contribution in [0.25, 0.3) is 0 Å². The number of phenolic OH excluding ortho intramolecular Hbond substituents is 1. The summed E-state index contributed by atoms with van der Waals surface area (Å²) in [6, 6.07) is 5.74. The Morgan fingerprint density at radius 3 is 2.88 bits per heavy atom. The molecule has 136 valence electrons. The highest BCUT2D eigenvalue weighted by Crippen LogP contribution is 2.62. The summed E-state index contributed by atoms with van der Waals surface area (Å²) in [7, 11) is 0. The quantitative estimate of drug-likeness (QED) is 0.807. The third-order valence-electron chi connectivity index (χ3n) is 7.28. The number of rotatable bonds is 2. The van der Waals surface area contributed by atoms with Crippen molar-refractivity contribution in [2.45, 2.75) is 58.0 Å². The molecule has 2 N–H and O–H groups in total. The third-order valence-corrected chi connectivity index (χ3v) is 7.28. The van der Waals surface area contributed by atoms with E-state index in [1.54, 1.807) is 6.07 Å². The van der Waals surface area contributed by atoms with Gasteiger partial charge in [-0.2, -0.15) is 0 Å². The molecule has 6 atom stereocenters. The molecule has 0 bridgehead atoms. The van der Waals surface area contributed by atoms with E-state index in [9.17, 15) is 15.0 Å². The van der Waals surface area contributed by atoms with Gasteiger partial charge in [-0.05, 0) is 78.5 Å². The van der Waals surface area contributed by atoms with Gasteiger partial charge in [-0.25, -0.2) is 0 Å². The zero-order valence-corrected chi connectivity index (χ0v) is 15.1. The average Bonchev–Trinajstić information content (AvgIpc) is 2.87. The minimum absolute atomic E-state index is 0.0690. The number of hydrogen-bond donors (Lipinski definition) is 2. The van der Waals surface area contributed by atoms with E-state index in [1.807, 2.05) is 6.07 Å². The van der Waals surface area contributed by atoms with Gasteiger partial charge < -0.3 is 14.9 Å². The van der Waals surface area contributed by atoms with Crippen molar-refractivity contribution in [2.75, 3.05) is 6.61 Å². The number of ether oxygens (including phenoxy) is 1. The number of benzene rings is 1. The molecule has 0 amide bonds. The van der Waals surface area contributed by atoms with Crippen molar-refractivity contribution in [1.82, 2.24) is 0 Å². The van der Waals surface area contributed by atoms with Crippen LogP contribution in [0.4, 0.5) is 0 Å². The summed E-state index contributed by atoms with van der Waals surface area (Å²) >= 11 is 0. The minimum atomic E-state index is -0.250. The zero-order chi connectivity index (χ0) is 17.8. The van der Waals surface area contributed by atoms with Crippen LogP contribution in [0.5, 0.6) is 5.75 Å². The molecule has 0 aliphatic heterocycles. The molecule has 3 aliphatic carbocycles. The highest BCUT2D eigenvalue weighted by molar-refractivity contribution is 5.65. The van der Waals surface area contributed by atoms with Gasteiger partial charge in [-0.3, -0.25) is 4.79 Å². The lowest BCUT2D eigenvalue weighted by Gasteiger charge is -2.53. The number of aliphatic hydroxyl groups excluding tert-OH is 1. The Balaban J connectivity index is 1.73. The van der Waals surface area contributed by atoms with E-state index >= 15 is 0 Å². The summed E-state index contributed by atoms with van der Waals surface area (Å²) in [5, 5.41) is 20.5. The number of fused-ring (bicyclic) bond motifs is 5. The Labute approximate surface area is 149 Å². The van der Waals surface area contributed by atoms with Crippen LogP contribution in [0.15, 0.2) is 18.2 Å². The van der Waals surface area contributed by atoms with Gasteiger partial charge in [-0.1, -0.05) is 13.0 Å². The Morgan fingerprint density at radius 1 is 1.32 bits per heavy atom. The lowest BCUT2D eigenvalue weighted by molar-refractivity contribution is -0.145. The molecule has 2 fully saturated rings. The molecule has 4 nitrogen and oxygen atoms in total. The number of carbonyl (C=O) groups is 1. The van der Waals surface area contributed by atoms with Gasteiger partial charge in [0.2, 0.25) is 0 Å². The molecule has 0 radical (unpaired) electrons. The summed E-state index contributed by atoms with van der Waals surface area (Å²) in [5.74, 6) is 1.72. The topological polar surface area (TPSA) is 66.8 Å². The van der Waals surface area contributed by atoms with Crippen LogP contribution < -0.4 is 0 Å². The van der Waals surface area contributed by atoms with Gasteiger partial charge in [-0.15, -0.1) is 0 Å². The molecule has 4 rings (SSSR count). The van der Waals surface area contributed by atoms with Gasteiger partial charge >= 0.3 is 5.97 Å². The Hall–Kier alpha value is -1.55. The van der Waals surface area contributed by atoms with Crippen molar-refractivity contribution in [3.05, 3.63) is 29.3 Å². The Bertz CT molecular complexity index is 684. The van der Waals surface area contributed by atoms with E-state index in [1.165, 1.54) is 18.1 Å². The first-order chi connectivity index (χ1) is 11.9. The predicted molar refractivity (Wildman–Crippen MR) is 94.2 cm³/mol. The van der Waals surface area contributed by atoms with E-state index in [4.69, 9.17) is 4.74 Å². The molecule has 0 aromatic heterocycles. The highest BCUT2D eigenvalue weighted by atomic mass is 16.5. The Morgan fingerprint density at radius 2 is 2.12 bits per heavy atom. The van der Waals surface area contributed by atoms with Gasteiger partial charge in [0.25, 0.3) is 0 Å². The summed E-state index contributed by atoms with van der Waals surface area (Å²) in [5.41, 5.74) is 2.48. The second-order valence-electron chi connectivity index (χ2n) is 8.58. The van der Waals surface area contributed by atoms with Crippen molar-refractivity contribution in [1.29, 1.82) is 0 Å². The van der Waals surface area contributed by atoms with E-state index in [0.29, 0.717) is 30.1 Å². The third kappa shape index (κ3) is 2.66. The van der Waals surface area contributed by atoms with E-state index in [2.05, 4.69) is 13.0 Å². The standard InChI is InChI=1S/C21H28O4/c1-12(22)25-11-14-10-21(2)18(7-8-19(21)24)17-5-3-13-9-15(23)4-6-16(13)20(14)17/h4,6,9,14,17-20,23-24H,3,5,7-8,10-11H2,1-2H3/t14-,17?,18?,19?,20?,21?/m1/s1. The first-order valence-electron chi connectivity index (χ1n) is 9.53. The number of aliphatic hydroxyl groups is 1. The van der Waals surface area contributed by atoms with Crippen molar-refractivity contribution >= 4 is 5.97 Å². The monoisotopic (exact) mass is 344 g/mol. The van der Waals surface area contributed by atoms with Crippen LogP contribution in [0, 0.1) is 23.2 Å². The molecule has 5 unspecified atom stereocenters. The fourth-order valence-electron chi connectivity index (χ4n) is 6.23. The number of esters is 1. The molecule has 1 aromatic carbocycles. The van der Waals surface area contributed by atoms with Gasteiger partial charge in [0.05, 0.1) is 12.7 Å². The van der Waals surface area contributed by atoms with Gasteiger partial charge in [0.15, 0.2) is 0 Å². The summed E-state index contributed by atoms with van der Waals surface area (Å²) in [4.78, 5) is 11.4. The maximum Gasteiger partial charge on any atom is 0.302 e. The second kappa shape index (κ2) is 6.01. The highest BCUT2D eigenvalue weighted by Gasteiger charge is 2.57. The number of phenols is 1. The molecule has 3 aliphatic rings. The Kier molecular flexibility index (Phi) is 4.06. The molecular formula is C21H28O4. The summed E-state index contributed by atoms with van der Waals surface area (Å²) < 4.78 is 5.43. The lowest BCUT2D eigenvalue weighted by atomic mass is 9.52. The fourth-order valence-corrected chi connectivity index (χ4v) is 6.23. The first-order valence-corrected chi connectivity index (χ1v) is 9.53. The lowest BCUT2D eigenvalue weighted by Crippen LogP contribution is -2.49. The smallest absolute Gasteiger partial charge is 0.302 e. The SMILES string of the molecule is CC(=O)OC[C@H]1CC2(C)C(O)CCC2C2CCc3cc(O)ccc3C21. The molecule has 25 heavy (non-hydrogen) atoms. The van der Waals surface area contributed by atoms with Crippen LogP contribution in [0.1, 0.15) is 56.6 Å². The van der Waals surface area contributed by atoms with Crippen molar-refractivity contribution in [2.24, 2.45) is 23.2 Å². The van der Waals surface area contributed by atoms with E-state index < -0.39 is 0 Å². The van der Waals surface area contributed by atoms with Crippen molar-refractivity contribution in [3.8, 4) is 5.75 Å². The first kappa shape index (κ1) is 16.9. The minimum Gasteiger partial charge on any atom is -0.508 e. The maximum atomic E-state index is 11.4. The van der Waals surface area contributed by atoms with Crippen LogP contribution in [-0.4, -0.2) is 28.9 Å². The number of hydrogen-bond acceptors (Lipinski definition) is 4. The number of aryl methyl sites for hydroxylation is 1. The predicted octanol–water partition coefficient (Wildman–Crippen LogP) is 3.40. The second-order valence-corrected chi connectivity index (χ2v) is 8.58. The fraction of sp³-hybridized carbons (Fsp3) is 0.667. The van der Waals surface area contributed by atoms with Gasteiger partial charge in [0.1, 0.15) is 5.75 Å². The molecule has 4 heteroatoms. The average molecular weight is 344 g/mol. The number of carbonyl (C=O) groups excluding carboxylic acids is 1. The number of aromatic hydroxyl groups is 1. The molecule has 0 saturated heterocycles. The van der Waals surface area contributed by atoms with Crippen LogP contribution in [-0.2, 0) is 16.0 Å². The normalized spacial score (nSPS) is 39.2. The molecule has 0 heterocycles. The van der Waals surface area contributed by atoms with Crippen molar-refractivity contribution in [3.63, 3.8) is 0 Å². The van der Waals surface area contributed by atoms with E-state index in [0.717, 1.165) is 32.1 Å². The summed E-state index contributed by atoms with van der Waals surface area (Å²) in [6.07, 6.45) is 4.69.